The van der Waals surface area contributed by atoms with Crippen LogP contribution >= 0.6 is 0 Å². The van der Waals surface area contributed by atoms with E-state index in [-0.39, 0.29) is 11.7 Å². The van der Waals surface area contributed by atoms with Crippen LogP contribution < -0.4 is 5.32 Å². The van der Waals surface area contributed by atoms with E-state index in [1.54, 1.807) is 49.1 Å². The molecule has 0 saturated heterocycles. The maximum absolute atomic E-state index is 13.3. The summed E-state index contributed by atoms with van der Waals surface area (Å²) >= 11 is 0. The molecule has 3 aromatic heterocycles. The average Bonchev–Trinajstić information content (AvgIpc) is 3.19. The third-order valence-electron chi connectivity index (χ3n) is 4.43. The topological polar surface area (TPSA) is 72.7 Å². The van der Waals surface area contributed by atoms with Crippen molar-refractivity contribution in [3.8, 4) is 22.5 Å². The number of halogens is 1. The molecule has 0 aliphatic rings. The Morgan fingerprint density at radius 2 is 1.76 bits per heavy atom. The predicted molar refractivity (Wildman–Crippen MR) is 107 cm³/mol. The molecular weight excluding hydrogens is 369 g/mol. The van der Waals surface area contributed by atoms with Gasteiger partial charge < -0.3 is 5.32 Å². The van der Waals surface area contributed by atoms with Crippen molar-refractivity contribution in [1.29, 1.82) is 0 Å². The van der Waals surface area contributed by atoms with E-state index in [1.165, 1.54) is 12.1 Å². The summed E-state index contributed by atoms with van der Waals surface area (Å²) in [5.74, 6) is -0.458. The second kappa shape index (κ2) is 8.43. The van der Waals surface area contributed by atoms with Crippen LogP contribution in [-0.2, 0) is 6.54 Å². The van der Waals surface area contributed by atoms with E-state index in [1.807, 2.05) is 22.9 Å². The smallest absolute Gasteiger partial charge is 0.251 e. The van der Waals surface area contributed by atoms with Crippen molar-refractivity contribution in [1.82, 2.24) is 25.1 Å². The Morgan fingerprint density at radius 3 is 2.48 bits per heavy atom. The number of benzene rings is 1. The highest BCUT2D eigenvalue weighted by Gasteiger charge is 2.12. The largest absolute Gasteiger partial charge is 0.350 e. The molecule has 0 saturated carbocycles. The first-order chi connectivity index (χ1) is 14.2. The summed E-state index contributed by atoms with van der Waals surface area (Å²) in [5.41, 5.74) is 3.88. The van der Waals surface area contributed by atoms with Gasteiger partial charge in [0.15, 0.2) is 0 Å². The highest BCUT2D eigenvalue weighted by molar-refractivity contribution is 5.93. The first-order valence-electron chi connectivity index (χ1n) is 9.13. The third-order valence-corrected chi connectivity index (χ3v) is 4.43. The zero-order valence-electron chi connectivity index (χ0n) is 15.5. The molecule has 0 unspecified atom stereocenters. The number of nitrogens with one attached hydrogen (secondary N) is 1. The van der Waals surface area contributed by atoms with Gasteiger partial charge in [0.25, 0.3) is 5.91 Å². The fourth-order valence-corrected chi connectivity index (χ4v) is 2.98. The van der Waals surface area contributed by atoms with Crippen LogP contribution in [0.4, 0.5) is 4.39 Å². The number of nitrogens with zero attached hydrogens (tertiary/aromatic N) is 4. The molecule has 1 N–H and O–H groups in total. The second-order valence-electron chi connectivity index (χ2n) is 6.38. The van der Waals surface area contributed by atoms with Crippen LogP contribution in [0, 0.1) is 5.82 Å². The number of carbonyl (C=O) groups is 1. The van der Waals surface area contributed by atoms with Gasteiger partial charge >= 0.3 is 0 Å². The number of hydrogen-bond acceptors (Lipinski definition) is 4. The summed E-state index contributed by atoms with van der Waals surface area (Å²) in [5, 5.41) is 7.55. The minimum Gasteiger partial charge on any atom is -0.350 e. The lowest BCUT2D eigenvalue weighted by Gasteiger charge is -2.09. The van der Waals surface area contributed by atoms with Gasteiger partial charge in [-0.15, -0.1) is 0 Å². The maximum Gasteiger partial charge on any atom is 0.251 e. The van der Waals surface area contributed by atoms with Crippen molar-refractivity contribution in [2.45, 2.75) is 6.54 Å². The van der Waals surface area contributed by atoms with Crippen molar-refractivity contribution in [2.24, 2.45) is 0 Å². The molecule has 0 aliphatic heterocycles. The quantitative estimate of drug-likeness (QED) is 0.549. The van der Waals surface area contributed by atoms with Crippen molar-refractivity contribution in [3.63, 3.8) is 0 Å². The fourth-order valence-electron chi connectivity index (χ4n) is 2.98. The van der Waals surface area contributed by atoms with Crippen LogP contribution in [0.2, 0.25) is 0 Å². The molecule has 0 fully saturated rings. The number of rotatable bonds is 6. The minimum atomic E-state index is -0.292. The Labute approximate surface area is 167 Å². The van der Waals surface area contributed by atoms with Crippen molar-refractivity contribution < 1.29 is 9.18 Å². The average molecular weight is 387 g/mol. The van der Waals surface area contributed by atoms with Crippen molar-refractivity contribution in [2.75, 3.05) is 6.54 Å². The Morgan fingerprint density at radius 1 is 0.966 bits per heavy atom. The lowest BCUT2D eigenvalue weighted by atomic mass is 10.1. The van der Waals surface area contributed by atoms with Crippen LogP contribution in [0.5, 0.6) is 0 Å². The first kappa shape index (κ1) is 18.5. The van der Waals surface area contributed by atoms with E-state index in [2.05, 4.69) is 20.4 Å². The van der Waals surface area contributed by atoms with Gasteiger partial charge in [-0.05, 0) is 54.6 Å². The van der Waals surface area contributed by atoms with Crippen LogP contribution in [0.1, 0.15) is 10.4 Å². The molecule has 1 aromatic carbocycles. The van der Waals surface area contributed by atoms with Gasteiger partial charge in [-0.3, -0.25) is 19.4 Å². The molecule has 1 amide bonds. The summed E-state index contributed by atoms with van der Waals surface area (Å²) in [7, 11) is 0. The molecule has 4 rings (SSSR count). The zero-order valence-corrected chi connectivity index (χ0v) is 15.5. The van der Waals surface area contributed by atoms with E-state index < -0.39 is 0 Å². The SMILES string of the molecule is O=C(NCCn1nc(-c2ccc(F)cc2)cc1-c1cccnc1)c1ccncc1. The highest BCUT2D eigenvalue weighted by Crippen LogP contribution is 2.26. The highest BCUT2D eigenvalue weighted by atomic mass is 19.1. The van der Waals surface area contributed by atoms with Gasteiger partial charge in [-0.2, -0.15) is 5.10 Å². The summed E-state index contributed by atoms with van der Waals surface area (Å²) in [6.45, 7) is 0.876. The fraction of sp³-hybridized carbons (Fsp3) is 0.0909. The monoisotopic (exact) mass is 387 g/mol. The number of carbonyl (C=O) groups excluding carboxylic acids is 1. The standard InChI is InChI=1S/C22H18FN5O/c23-19-5-3-16(4-6-19)20-14-21(18-2-1-9-25-15-18)28(27-20)13-12-26-22(29)17-7-10-24-11-8-17/h1-11,14-15H,12-13H2,(H,26,29). The summed E-state index contributed by atoms with van der Waals surface area (Å²) < 4.78 is 15.1. The molecule has 4 aromatic rings. The van der Waals surface area contributed by atoms with Crippen LogP contribution in [0.25, 0.3) is 22.5 Å². The summed E-state index contributed by atoms with van der Waals surface area (Å²) in [4.78, 5) is 20.3. The molecule has 0 aliphatic carbocycles. The summed E-state index contributed by atoms with van der Waals surface area (Å²) in [6.07, 6.45) is 6.63. The van der Waals surface area contributed by atoms with Gasteiger partial charge in [-0.25, -0.2) is 4.39 Å². The number of aromatic nitrogens is 4. The molecule has 144 valence electrons. The van der Waals surface area contributed by atoms with E-state index in [0.717, 1.165) is 22.5 Å². The van der Waals surface area contributed by atoms with Crippen LogP contribution in [0.15, 0.2) is 79.4 Å². The molecule has 3 heterocycles. The van der Waals surface area contributed by atoms with Gasteiger partial charge in [0.1, 0.15) is 5.82 Å². The van der Waals surface area contributed by atoms with E-state index in [9.17, 15) is 9.18 Å². The molecule has 0 radical (unpaired) electrons. The molecule has 7 heteroatoms. The first-order valence-corrected chi connectivity index (χ1v) is 9.13. The van der Waals surface area contributed by atoms with Crippen molar-refractivity contribution in [3.05, 3.63) is 90.8 Å². The van der Waals surface area contributed by atoms with Gasteiger partial charge in [0, 0.05) is 48.0 Å². The van der Waals surface area contributed by atoms with Crippen molar-refractivity contribution >= 4 is 5.91 Å². The number of amides is 1. The Balaban J connectivity index is 1.56. The lowest BCUT2D eigenvalue weighted by Crippen LogP contribution is -2.27. The van der Waals surface area contributed by atoms with E-state index >= 15 is 0 Å². The molecule has 0 spiro atoms. The van der Waals surface area contributed by atoms with Gasteiger partial charge in [0.05, 0.1) is 17.9 Å². The molecular formula is C22H18FN5O. The van der Waals surface area contributed by atoms with Crippen LogP contribution in [0.3, 0.4) is 0 Å². The second-order valence-corrected chi connectivity index (χ2v) is 6.38. The predicted octanol–water partition coefficient (Wildman–Crippen LogP) is 3.58. The maximum atomic E-state index is 13.3. The van der Waals surface area contributed by atoms with E-state index in [4.69, 9.17) is 0 Å². The van der Waals surface area contributed by atoms with E-state index in [0.29, 0.717) is 18.7 Å². The Hall–Kier alpha value is -3.87. The minimum absolute atomic E-state index is 0.166. The Bertz CT molecular complexity index is 1100. The zero-order chi connectivity index (χ0) is 20.1. The van der Waals surface area contributed by atoms with Gasteiger partial charge in [0.2, 0.25) is 0 Å². The summed E-state index contributed by atoms with van der Waals surface area (Å²) in [6, 6.07) is 15.3. The lowest BCUT2D eigenvalue weighted by molar-refractivity contribution is 0.0952. The molecule has 0 atom stereocenters. The number of hydrogen-bond donors (Lipinski definition) is 1. The molecule has 29 heavy (non-hydrogen) atoms. The molecule has 0 bridgehead atoms. The van der Waals surface area contributed by atoms with Gasteiger partial charge in [-0.1, -0.05) is 0 Å². The third kappa shape index (κ3) is 4.35. The Kier molecular flexibility index (Phi) is 5.38. The normalized spacial score (nSPS) is 10.7. The molecule has 6 nitrogen and oxygen atoms in total. The van der Waals surface area contributed by atoms with Crippen LogP contribution in [-0.4, -0.2) is 32.2 Å². The number of pyridine rings is 2.